The first kappa shape index (κ1) is 20.4. The van der Waals surface area contributed by atoms with Crippen LogP contribution in [0.25, 0.3) is 0 Å². The van der Waals surface area contributed by atoms with Gasteiger partial charge in [-0.25, -0.2) is 0 Å². The number of phenols is 1. The van der Waals surface area contributed by atoms with E-state index in [0.717, 1.165) is 17.9 Å². The van der Waals surface area contributed by atoms with Crippen molar-refractivity contribution in [3.05, 3.63) is 47.5 Å². The van der Waals surface area contributed by atoms with Gasteiger partial charge in [0, 0.05) is 18.7 Å². The summed E-state index contributed by atoms with van der Waals surface area (Å²) in [5.74, 6) is 0.719. The van der Waals surface area contributed by atoms with Crippen LogP contribution in [-0.2, 0) is 6.54 Å². The van der Waals surface area contributed by atoms with Crippen molar-refractivity contribution in [1.29, 1.82) is 0 Å². The van der Waals surface area contributed by atoms with E-state index < -0.39 is 0 Å². The number of carbonyl (C=O) groups is 1. The van der Waals surface area contributed by atoms with Crippen LogP contribution in [-0.4, -0.2) is 57.4 Å². The Balaban J connectivity index is 1.95. The fraction of sp³-hybridized carbons (Fsp3) is 0.350. The minimum Gasteiger partial charge on any atom is -0.502 e. The molecule has 2 aromatic rings. The normalized spacial score (nSPS) is 10.6. The number of likely N-dealkylation sites (N-methyl/N-ethyl adjacent to an activating group) is 1. The van der Waals surface area contributed by atoms with Gasteiger partial charge >= 0.3 is 0 Å². The van der Waals surface area contributed by atoms with Gasteiger partial charge in [-0.3, -0.25) is 4.79 Å². The van der Waals surface area contributed by atoms with Crippen molar-refractivity contribution in [1.82, 2.24) is 10.2 Å². The molecule has 7 nitrogen and oxygen atoms in total. The summed E-state index contributed by atoms with van der Waals surface area (Å²) in [6.07, 6.45) is 0. The first-order valence-corrected chi connectivity index (χ1v) is 8.54. The minimum absolute atomic E-state index is 0.138. The van der Waals surface area contributed by atoms with E-state index in [1.165, 1.54) is 26.4 Å². The van der Waals surface area contributed by atoms with E-state index >= 15 is 0 Å². The zero-order valence-corrected chi connectivity index (χ0v) is 16.1. The summed E-state index contributed by atoms with van der Waals surface area (Å²) in [6.45, 7) is 1.83. The van der Waals surface area contributed by atoms with Crippen LogP contribution in [0, 0.1) is 0 Å². The van der Waals surface area contributed by atoms with Crippen molar-refractivity contribution < 1.29 is 24.1 Å². The molecule has 0 fully saturated rings. The lowest BCUT2D eigenvalue weighted by Crippen LogP contribution is -2.23. The Bertz CT molecular complexity index is 734. The quantitative estimate of drug-likeness (QED) is 0.701. The van der Waals surface area contributed by atoms with E-state index in [4.69, 9.17) is 14.2 Å². The first-order chi connectivity index (χ1) is 12.9. The van der Waals surface area contributed by atoms with Crippen LogP contribution in [0.15, 0.2) is 36.4 Å². The molecule has 0 aliphatic heterocycles. The molecule has 0 aliphatic rings. The number of ether oxygens (including phenoxy) is 3. The second-order valence-corrected chi connectivity index (χ2v) is 6.21. The molecule has 0 saturated carbocycles. The summed E-state index contributed by atoms with van der Waals surface area (Å²) in [6, 6.07) is 10.5. The van der Waals surface area contributed by atoms with E-state index in [2.05, 4.69) is 10.2 Å². The second kappa shape index (κ2) is 9.68. The molecule has 0 bridgehead atoms. The minimum atomic E-state index is -0.294. The maximum Gasteiger partial charge on any atom is 0.251 e. The highest BCUT2D eigenvalue weighted by Gasteiger charge is 2.15. The van der Waals surface area contributed by atoms with Gasteiger partial charge in [0.2, 0.25) is 5.75 Å². The molecule has 1 amide bonds. The summed E-state index contributed by atoms with van der Waals surface area (Å²) >= 11 is 0. The van der Waals surface area contributed by atoms with Crippen molar-refractivity contribution in [3.63, 3.8) is 0 Å². The van der Waals surface area contributed by atoms with Gasteiger partial charge in [-0.1, -0.05) is 12.1 Å². The van der Waals surface area contributed by atoms with Crippen molar-refractivity contribution in [2.24, 2.45) is 0 Å². The number of amides is 1. The van der Waals surface area contributed by atoms with Gasteiger partial charge in [0.1, 0.15) is 12.4 Å². The molecule has 0 unspecified atom stereocenters. The molecule has 0 heterocycles. The second-order valence-electron chi connectivity index (χ2n) is 6.21. The van der Waals surface area contributed by atoms with Crippen LogP contribution in [0.4, 0.5) is 0 Å². The molecule has 27 heavy (non-hydrogen) atoms. The molecular weight excluding hydrogens is 348 g/mol. The molecule has 7 heteroatoms. The van der Waals surface area contributed by atoms with Crippen molar-refractivity contribution >= 4 is 5.91 Å². The lowest BCUT2D eigenvalue weighted by atomic mass is 10.1. The maximum atomic E-state index is 12.4. The van der Waals surface area contributed by atoms with Crippen LogP contribution < -0.4 is 19.5 Å². The average Bonchev–Trinajstić information content (AvgIpc) is 2.67. The summed E-state index contributed by atoms with van der Waals surface area (Å²) in [5.41, 5.74) is 1.28. The van der Waals surface area contributed by atoms with E-state index in [0.29, 0.717) is 18.7 Å². The third-order valence-electron chi connectivity index (χ3n) is 3.93. The maximum absolute atomic E-state index is 12.4. The number of nitrogens with zero attached hydrogens (tertiary/aromatic N) is 1. The molecule has 2 rings (SSSR count). The number of carbonyl (C=O) groups excluding carboxylic acids is 1. The van der Waals surface area contributed by atoms with Crippen LogP contribution in [0.2, 0.25) is 0 Å². The number of phenolic OH excluding ortho intramolecular Hbond substituents is 1. The number of aromatic hydroxyl groups is 1. The number of rotatable bonds is 9. The average molecular weight is 374 g/mol. The van der Waals surface area contributed by atoms with Gasteiger partial charge < -0.3 is 29.5 Å². The number of hydrogen-bond donors (Lipinski definition) is 2. The Kier molecular flexibility index (Phi) is 7.31. The van der Waals surface area contributed by atoms with Crippen LogP contribution in [0.1, 0.15) is 15.9 Å². The molecule has 146 valence electrons. The number of benzene rings is 2. The Morgan fingerprint density at radius 1 is 1.07 bits per heavy atom. The van der Waals surface area contributed by atoms with Crippen molar-refractivity contribution in [3.8, 4) is 23.0 Å². The highest BCUT2D eigenvalue weighted by molar-refractivity contribution is 5.95. The predicted octanol–water partition coefficient (Wildman–Crippen LogP) is 2.28. The summed E-state index contributed by atoms with van der Waals surface area (Å²) in [5, 5.41) is 12.8. The molecule has 2 N–H and O–H groups in total. The zero-order valence-electron chi connectivity index (χ0n) is 16.1. The smallest absolute Gasteiger partial charge is 0.251 e. The van der Waals surface area contributed by atoms with Gasteiger partial charge in [-0.2, -0.15) is 0 Å². The number of hydrogen-bond acceptors (Lipinski definition) is 6. The zero-order chi connectivity index (χ0) is 19.8. The Labute approximate surface area is 159 Å². The molecular formula is C20H26N2O5. The van der Waals surface area contributed by atoms with E-state index in [-0.39, 0.29) is 23.2 Å². The Morgan fingerprint density at radius 2 is 1.67 bits per heavy atom. The van der Waals surface area contributed by atoms with Gasteiger partial charge in [0.15, 0.2) is 11.5 Å². The third kappa shape index (κ3) is 5.79. The van der Waals surface area contributed by atoms with Crippen LogP contribution in [0.5, 0.6) is 23.0 Å². The highest BCUT2D eigenvalue weighted by atomic mass is 16.5. The fourth-order valence-corrected chi connectivity index (χ4v) is 2.36. The molecule has 0 radical (unpaired) electrons. The van der Waals surface area contributed by atoms with Gasteiger partial charge in [0.25, 0.3) is 5.91 Å². The van der Waals surface area contributed by atoms with Crippen molar-refractivity contribution in [2.75, 3.05) is 41.5 Å². The Morgan fingerprint density at radius 3 is 2.19 bits per heavy atom. The van der Waals surface area contributed by atoms with E-state index in [9.17, 15) is 9.90 Å². The van der Waals surface area contributed by atoms with Gasteiger partial charge in [0.05, 0.1) is 14.2 Å². The SMILES string of the molecule is COc1cc(C(=O)NCc2ccc(OCCN(C)C)cc2)cc(OC)c1O. The predicted molar refractivity (Wildman–Crippen MR) is 103 cm³/mol. The summed E-state index contributed by atoms with van der Waals surface area (Å²) in [7, 11) is 6.82. The number of nitrogens with one attached hydrogen (secondary N) is 1. The highest BCUT2D eigenvalue weighted by Crippen LogP contribution is 2.37. The molecule has 2 aromatic carbocycles. The largest absolute Gasteiger partial charge is 0.502 e. The monoisotopic (exact) mass is 374 g/mol. The fourth-order valence-electron chi connectivity index (χ4n) is 2.36. The molecule has 0 atom stereocenters. The molecule has 0 spiro atoms. The topological polar surface area (TPSA) is 80.3 Å². The van der Waals surface area contributed by atoms with Gasteiger partial charge in [-0.15, -0.1) is 0 Å². The Hall–Kier alpha value is -2.93. The van der Waals surface area contributed by atoms with Gasteiger partial charge in [-0.05, 0) is 43.9 Å². The summed E-state index contributed by atoms with van der Waals surface area (Å²) < 4.78 is 15.8. The third-order valence-corrected chi connectivity index (χ3v) is 3.93. The van der Waals surface area contributed by atoms with E-state index in [1.807, 2.05) is 38.4 Å². The standard InChI is InChI=1S/C20H26N2O5/c1-22(2)9-10-27-16-7-5-14(6-8-16)13-21-20(24)15-11-17(25-3)19(23)18(12-15)26-4/h5-8,11-12,23H,9-10,13H2,1-4H3,(H,21,24). The van der Waals surface area contributed by atoms with Crippen LogP contribution >= 0.6 is 0 Å². The summed E-state index contributed by atoms with van der Waals surface area (Å²) in [4.78, 5) is 14.5. The lowest BCUT2D eigenvalue weighted by Gasteiger charge is -2.12. The number of methoxy groups -OCH3 is 2. The molecule has 0 saturated heterocycles. The van der Waals surface area contributed by atoms with Crippen molar-refractivity contribution in [2.45, 2.75) is 6.54 Å². The first-order valence-electron chi connectivity index (χ1n) is 8.54. The lowest BCUT2D eigenvalue weighted by molar-refractivity contribution is 0.0950. The molecule has 0 aliphatic carbocycles. The van der Waals surface area contributed by atoms with Crippen LogP contribution in [0.3, 0.4) is 0 Å². The molecule has 0 aromatic heterocycles. The van der Waals surface area contributed by atoms with E-state index in [1.54, 1.807) is 0 Å².